The second-order valence-electron chi connectivity index (χ2n) is 5.37. The van der Waals surface area contributed by atoms with Gasteiger partial charge < -0.3 is 5.32 Å². The summed E-state index contributed by atoms with van der Waals surface area (Å²) in [5.41, 5.74) is -0.518. The van der Waals surface area contributed by atoms with E-state index in [-0.39, 0.29) is 11.5 Å². The molecule has 1 fully saturated rings. The van der Waals surface area contributed by atoms with E-state index in [1.165, 1.54) is 12.3 Å². The summed E-state index contributed by atoms with van der Waals surface area (Å²) in [6.45, 7) is 2.15. The molecule has 5 heteroatoms. The Hall–Kier alpha value is -1.96. The van der Waals surface area contributed by atoms with E-state index in [0.717, 1.165) is 25.3 Å². The van der Waals surface area contributed by atoms with Crippen molar-refractivity contribution in [2.75, 3.05) is 0 Å². The van der Waals surface area contributed by atoms with Crippen LogP contribution in [0, 0.1) is 23.2 Å². The predicted octanol–water partition coefficient (Wildman–Crippen LogP) is 2.81. The van der Waals surface area contributed by atoms with Crippen molar-refractivity contribution >= 4 is 5.91 Å². The average molecular weight is 275 g/mol. The quantitative estimate of drug-likeness (QED) is 0.863. The van der Waals surface area contributed by atoms with Crippen molar-refractivity contribution in [2.45, 2.75) is 44.6 Å². The Bertz CT molecular complexity index is 513. The molecule has 0 unspecified atom stereocenters. The molecular weight excluding hydrogens is 257 g/mol. The number of hydrogen-bond acceptors (Lipinski definition) is 3. The molecule has 20 heavy (non-hydrogen) atoms. The number of rotatable bonds is 3. The Morgan fingerprint density at radius 1 is 1.55 bits per heavy atom. The first kappa shape index (κ1) is 14.4. The summed E-state index contributed by atoms with van der Waals surface area (Å²) in [7, 11) is 0. The van der Waals surface area contributed by atoms with Crippen LogP contribution in [0.4, 0.5) is 4.39 Å². The van der Waals surface area contributed by atoms with E-state index in [0.29, 0.717) is 18.8 Å². The van der Waals surface area contributed by atoms with E-state index >= 15 is 0 Å². The summed E-state index contributed by atoms with van der Waals surface area (Å²) >= 11 is 0. The van der Waals surface area contributed by atoms with E-state index in [2.05, 4.69) is 23.3 Å². The highest BCUT2D eigenvalue weighted by Crippen LogP contribution is 2.33. The van der Waals surface area contributed by atoms with Gasteiger partial charge in [0.2, 0.25) is 5.95 Å². The van der Waals surface area contributed by atoms with Crippen LogP contribution >= 0.6 is 0 Å². The lowest BCUT2D eigenvalue weighted by Gasteiger charge is -2.35. The number of amides is 1. The molecule has 1 aliphatic rings. The highest BCUT2D eigenvalue weighted by molar-refractivity contribution is 5.94. The standard InChI is InChI=1S/C15H18FN3O/c1-2-11-5-7-15(10-17,8-6-11)19-14(20)12-3-4-13(16)18-9-12/h3-4,9,11H,2,5-8H2,1H3,(H,19,20). The van der Waals surface area contributed by atoms with Crippen LogP contribution < -0.4 is 5.32 Å². The van der Waals surface area contributed by atoms with Gasteiger partial charge in [0.1, 0.15) is 5.54 Å². The van der Waals surface area contributed by atoms with Crippen LogP contribution in [0.25, 0.3) is 0 Å². The molecule has 1 aliphatic carbocycles. The molecule has 4 nitrogen and oxygen atoms in total. The largest absolute Gasteiger partial charge is 0.334 e. The molecule has 0 atom stereocenters. The van der Waals surface area contributed by atoms with Crippen LogP contribution in [0.15, 0.2) is 18.3 Å². The third-order valence-electron chi connectivity index (χ3n) is 4.09. The van der Waals surface area contributed by atoms with E-state index in [9.17, 15) is 14.4 Å². The molecule has 0 aromatic carbocycles. The van der Waals surface area contributed by atoms with E-state index in [1.807, 2.05) is 0 Å². The van der Waals surface area contributed by atoms with Crippen LogP contribution in [-0.4, -0.2) is 16.4 Å². The molecule has 0 aliphatic heterocycles. The van der Waals surface area contributed by atoms with Crippen LogP contribution in [0.2, 0.25) is 0 Å². The highest BCUT2D eigenvalue weighted by Gasteiger charge is 2.36. The first-order chi connectivity index (χ1) is 9.58. The van der Waals surface area contributed by atoms with Gasteiger partial charge in [0.05, 0.1) is 11.6 Å². The molecule has 1 aromatic heterocycles. The number of nitrogens with zero attached hydrogens (tertiary/aromatic N) is 2. The predicted molar refractivity (Wildman–Crippen MR) is 72.3 cm³/mol. The first-order valence-corrected chi connectivity index (χ1v) is 6.94. The van der Waals surface area contributed by atoms with Gasteiger partial charge in [-0.25, -0.2) is 4.98 Å². The molecule has 1 aromatic rings. The maximum atomic E-state index is 12.7. The van der Waals surface area contributed by atoms with Gasteiger partial charge in [-0.3, -0.25) is 4.79 Å². The van der Waals surface area contributed by atoms with Gasteiger partial charge in [-0.1, -0.05) is 13.3 Å². The van der Waals surface area contributed by atoms with E-state index in [4.69, 9.17) is 0 Å². The number of aromatic nitrogens is 1. The van der Waals surface area contributed by atoms with Crippen LogP contribution in [0.3, 0.4) is 0 Å². The fourth-order valence-corrected chi connectivity index (χ4v) is 2.64. The lowest BCUT2D eigenvalue weighted by molar-refractivity contribution is 0.0890. The van der Waals surface area contributed by atoms with Gasteiger partial charge in [-0.05, 0) is 43.7 Å². The molecule has 0 spiro atoms. The summed E-state index contributed by atoms with van der Waals surface area (Å²) in [5, 5.41) is 12.2. The molecule has 1 amide bonds. The fraction of sp³-hybridized carbons (Fsp3) is 0.533. The Balaban J connectivity index is 2.05. The summed E-state index contributed by atoms with van der Waals surface area (Å²) in [6.07, 6.45) is 5.54. The highest BCUT2D eigenvalue weighted by atomic mass is 19.1. The van der Waals surface area contributed by atoms with Crippen LogP contribution in [0.1, 0.15) is 49.4 Å². The number of carbonyl (C=O) groups excluding carboxylic acids is 1. The minimum atomic E-state index is -0.795. The molecule has 106 valence electrons. The molecular formula is C15H18FN3O. The van der Waals surface area contributed by atoms with Crippen molar-refractivity contribution in [3.63, 3.8) is 0 Å². The number of hydrogen-bond donors (Lipinski definition) is 1. The van der Waals surface area contributed by atoms with Gasteiger partial charge in [0, 0.05) is 6.20 Å². The smallest absolute Gasteiger partial charge is 0.254 e. The van der Waals surface area contributed by atoms with Gasteiger partial charge in [-0.15, -0.1) is 0 Å². The topological polar surface area (TPSA) is 65.8 Å². The van der Waals surface area contributed by atoms with Crippen molar-refractivity contribution in [2.24, 2.45) is 5.92 Å². The van der Waals surface area contributed by atoms with Crippen molar-refractivity contribution in [1.29, 1.82) is 5.26 Å². The Morgan fingerprint density at radius 3 is 2.75 bits per heavy atom. The molecule has 2 rings (SSSR count). The van der Waals surface area contributed by atoms with Crippen molar-refractivity contribution in [1.82, 2.24) is 10.3 Å². The summed E-state index contributed by atoms with van der Waals surface area (Å²) < 4.78 is 12.7. The zero-order chi connectivity index (χ0) is 14.6. The lowest BCUT2D eigenvalue weighted by atomic mass is 9.76. The Morgan fingerprint density at radius 2 is 2.25 bits per heavy atom. The van der Waals surface area contributed by atoms with Crippen molar-refractivity contribution in [3.8, 4) is 6.07 Å². The zero-order valence-electron chi connectivity index (χ0n) is 11.5. The third-order valence-corrected chi connectivity index (χ3v) is 4.09. The first-order valence-electron chi connectivity index (χ1n) is 6.94. The minimum absolute atomic E-state index is 0.277. The van der Waals surface area contributed by atoms with Gasteiger partial charge in [-0.2, -0.15) is 9.65 Å². The number of carbonyl (C=O) groups is 1. The maximum Gasteiger partial charge on any atom is 0.254 e. The SMILES string of the molecule is CCC1CCC(C#N)(NC(=O)c2ccc(F)nc2)CC1. The molecule has 0 saturated heterocycles. The van der Waals surface area contributed by atoms with Crippen LogP contribution in [0.5, 0.6) is 0 Å². The molecule has 1 heterocycles. The Labute approximate surface area is 118 Å². The molecule has 1 saturated carbocycles. The molecule has 1 N–H and O–H groups in total. The molecule has 0 radical (unpaired) electrons. The van der Waals surface area contributed by atoms with Gasteiger partial charge in [0.15, 0.2) is 0 Å². The third kappa shape index (κ3) is 3.13. The summed E-state index contributed by atoms with van der Waals surface area (Å²) in [5.74, 6) is -0.352. The average Bonchev–Trinajstić information content (AvgIpc) is 2.48. The minimum Gasteiger partial charge on any atom is -0.334 e. The van der Waals surface area contributed by atoms with E-state index < -0.39 is 11.5 Å². The normalized spacial score (nSPS) is 25.8. The van der Waals surface area contributed by atoms with Gasteiger partial charge >= 0.3 is 0 Å². The fourth-order valence-electron chi connectivity index (χ4n) is 2.64. The summed E-state index contributed by atoms with van der Waals surface area (Å²) in [6, 6.07) is 4.76. The molecule has 0 bridgehead atoms. The van der Waals surface area contributed by atoms with Crippen molar-refractivity contribution < 1.29 is 9.18 Å². The van der Waals surface area contributed by atoms with E-state index in [1.54, 1.807) is 0 Å². The van der Waals surface area contributed by atoms with Crippen molar-refractivity contribution in [3.05, 3.63) is 29.8 Å². The second kappa shape index (κ2) is 6.00. The number of nitrogens with one attached hydrogen (secondary N) is 1. The lowest BCUT2D eigenvalue weighted by Crippen LogP contribution is -2.49. The maximum absolute atomic E-state index is 12.7. The zero-order valence-corrected chi connectivity index (χ0v) is 11.5. The number of nitriles is 1. The van der Waals surface area contributed by atoms with Gasteiger partial charge in [0.25, 0.3) is 5.91 Å². The summed E-state index contributed by atoms with van der Waals surface area (Å²) in [4.78, 5) is 15.6. The number of halogens is 1. The monoisotopic (exact) mass is 275 g/mol. The Kier molecular flexibility index (Phi) is 4.33. The number of pyridine rings is 1. The second-order valence-corrected chi connectivity index (χ2v) is 5.37. The van der Waals surface area contributed by atoms with Crippen LogP contribution in [-0.2, 0) is 0 Å².